The minimum absolute atomic E-state index is 0.0850. The van der Waals surface area contributed by atoms with Crippen molar-refractivity contribution in [3.05, 3.63) is 54.1 Å². The molecule has 0 saturated carbocycles. The molecule has 0 saturated heterocycles. The first-order valence-electron chi connectivity index (χ1n) is 6.77. The molecule has 0 unspecified atom stereocenters. The summed E-state index contributed by atoms with van der Waals surface area (Å²) in [7, 11) is -3.68. The minimum atomic E-state index is -3.68. The molecule has 8 heteroatoms. The van der Waals surface area contributed by atoms with Crippen LogP contribution in [0.25, 0.3) is 0 Å². The molecule has 122 valence electrons. The SMILES string of the molecule is Cc1ccc(S(=O)(=O)NCNC(=O)Nc2ccc(O)cc2)cc1. The number of benzene rings is 2. The van der Waals surface area contributed by atoms with Gasteiger partial charge in [-0.25, -0.2) is 13.2 Å². The van der Waals surface area contributed by atoms with Gasteiger partial charge in [-0.3, -0.25) is 0 Å². The number of phenolic OH excluding ortho intramolecular Hbond substituents is 1. The molecular formula is C15H17N3O4S. The van der Waals surface area contributed by atoms with E-state index in [4.69, 9.17) is 5.11 Å². The molecule has 0 atom stereocenters. The number of urea groups is 1. The Balaban J connectivity index is 1.85. The van der Waals surface area contributed by atoms with Gasteiger partial charge in [-0.2, -0.15) is 4.72 Å². The largest absolute Gasteiger partial charge is 0.508 e. The number of sulfonamides is 1. The van der Waals surface area contributed by atoms with Gasteiger partial charge in [-0.1, -0.05) is 17.7 Å². The number of rotatable bonds is 5. The normalized spacial score (nSPS) is 11.0. The molecule has 0 bridgehead atoms. The van der Waals surface area contributed by atoms with E-state index in [9.17, 15) is 13.2 Å². The third kappa shape index (κ3) is 4.97. The molecule has 0 aliphatic rings. The first-order valence-corrected chi connectivity index (χ1v) is 8.25. The molecule has 7 nitrogen and oxygen atoms in total. The van der Waals surface area contributed by atoms with Gasteiger partial charge in [-0.05, 0) is 43.3 Å². The molecule has 0 aromatic heterocycles. The van der Waals surface area contributed by atoms with Crippen LogP contribution in [0, 0.1) is 6.92 Å². The molecule has 0 aliphatic carbocycles. The molecule has 23 heavy (non-hydrogen) atoms. The molecule has 0 fully saturated rings. The third-order valence-electron chi connectivity index (χ3n) is 2.97. The van der Waals surface area contributed by atoms with Crippen LogP contribution in [0.1, 0.15) is 5.56 Å². The highest BCUT2D eigenvalue weighted by molar-refractivity contribution is 7.89. The Morgan fingerprint density at radius 3 is 2.26 bits per heavy atom. The monoisotopic (exact) mass is 335 g/mol. The Labute approximate surface area is 134 Å². The van der Waals surface area contributed by atoms with Gasteiger partial charge in [0.2, 0.25) is 10.0 Å². The van der Waals surface area contributed by atoms with E-state index in [1.54, 1.807) is 12.1 Å². The van der Waals surface area contributed by atoms with Gasteiger partial charge in [0.05, 0.1) is 11.6 Å². The summed E-state index contributed by atoms with van der Waals surface area (Å²) in [5.74, 6) is 0.0850. The predicted molar refractivity (Wildman–Crippen MR) is 86.6 cm³/mol. The number of aromatic hydroxyl groups is 1. The van der Waals surface area contributed by atoms with Crippen molar-refractivity contribution in [1.82, 2.24) is 10.0 Å². The van der Waals surface area contributed by atoms with E-state index >= 15 is 0 Å². The summed E-state index contributed by atoms with van der Waals surface area (Å²) in [5, 5.41) is 14.0. The molecule has 0 spiro atoms. The van der Waals surface area contributed by atoms with Crippen LogP contribution in [0.4, 0.5) is 10.5 Å². The number of aryl methyl sites for hydroxylation is 1. The molecule has 0 heterocycles. The number of nitrogens with one attached hydrogen (secondary N) is 3. The van der Waals surface area contributed by atoms with Crippen LogP contribution in [-0.2, 0) is 10.0 Å². The maximum atomic E-state index is 12.0. The lowest BCUT2D eigenvalue weighted by atomic mass is 10.2. The zero-order valence-corrected chi connectivity index (χ0v) is 13.2. The maximum absolute atomic E-state index is 12.0. The predicted octanol–water partition coefficient (Wildman–Crippen LogP) is 1.76. The number of amides is 2. The van der Waals surface area contributed by atoms with Crippen LogP contribution < -0.4 is 15.4 Å². The summed E-state index contributed by atoms with van der Waals surface area (Å²) >= 11 is 0. The van der Waals surface area contributed by atoms with E-state index in [1.165, 1.54) is 36.4 Å². The van der Waals surface area contributed by atoms with Crippen LogP contribution in [0.3, 0.4) is 0 Å². The van der Waals surface area contributed by atoms with Gasteiger partial charge in [0.25, 0.3) is 0 Å². The molecule has 0 aliphatic heterocycles. The van der Waals surface area contributed by atoms with Gasteiger partial charge in [-0.15, -0.1) is 0 Å². The fourth-order valence-corrected chi connectivity index (χ4v) is 2.66. The highest BCUT2D eigenvalue weighted by Gasteiger charge is 2.13. The molecule has 0 radical (unpaired) electrons. The van der Waals surface area contributed by atoms with Crippen molar-refractivity contribution >= 4 is 21.7 Å². The second-order valence-corrected chi connectivity index (χ2v) is 6.58. The molecule has 2 amide bonds. The summed E-state index contributed by atoms with van der Waals surface area (Å²) < 4.78 is 26.3. The zero-order valence-electron chi connectivity index (χ0n) is 12.4. The number of phenols is 1. The first kappa shape index (κ1) is 16.8. The fourth-order valence-electron chi connectivity index (χ4n) is 1.73. The van der Waals surface area contributed by atoms with Gasteiger partial charge in [0.15, 0.2) is 0 Å². The van der Waals surface area contributed by atoms with E-state index < -0.39 is 16.1 Å². The molecule has 4 N–H and O–H groups in total. The highest BCUT2D eigenvalue weighted by atomic mass is 32.2. The summed E-state index contributed by atoms with van der Waals surface area (Å²) in [6.45, 7) is 1.61. The first-order chi connectivity index (χ1) is 10.9. The van der Waals surface area contributed by atoms with Gasteiger partial charge < -0.3 is 15.7 Å². The van der Waals surface area contributed by atoms with Crippen LogP contribution in [0.15, 0.2) is 53.4 Å². The van der Waals surface area contributed by atoms with Gasteiger partial charge in [0.1, 0.15) is 5.75 Å². The minimum Gasteiger partial charge on any atom is -0.508 e. The van der Waals surface area contributed by atoms with Crippen molar-refractivity contribution in [2.24, 2.45) is 0 Å². The quantitative estimate of drug-likeness (QED) is 0.493. The number of hydrogen-bond donors (Lipinski definition) is 4. The molecule has 2 aromatic carbocycles. The smallest absolute Gasteiger partial charge is 0.320 e. The highest BCUT2D eigenvalue weighted by Crippen LogP contribution is 2.13. The molecular weight excluding hydrogens is 318 g/mol. The Morgan fingerprint density at radius 1 is 1.04 bits per heavy atom. The lowest BCUT2D eigenvalue weighted by Crippen LogP contribution is -2.39. The lowest BCUT2D eigenvalue weighted by Gasteiger charge is -2.10. The standard InChI is InChI=1S/C15H17N3O4S/c1-11-2-8-14(9-3-11)23(21,22)17-10-16-15(20)18-12-4-6-13(19)7-5-12/h2-9,17,19H,10H2,1H3,(H2,16,18,20). The Kier molecular flexibility index (Phi) is 5.20. The Bertz CT molecular complexity index is 771. The number of carbonyl (C=O) groups excluding carboxylic acids is 1. The topological polar surface area (TPSA) is 108 Å². The number of carbonyl (C=O) groups is 1. The number of anilines is 1. The van der Waals surface area contributed by atoms with Crippen molar-refractivity contribution < 1.29 is 18.3 Å². The third-order valence-corrected chi connectivity index (χ3v) is 4.38. The van der Waals surface area contributed by atoms with Gasteiger partial charge >= 0.3 is 6.03 Å². The van der Waals surface area contributed by atoms with E-state index in [-0.39, 0.29) is 17.3 Å². The summed E-state index contributed by atoms with van der Waals surface area (Å²) in [4.78, 5) is 11.8. The summed E-state index contributed by atoms with van der Waals surface area (Å²) in [5.41, 5.74) is 1.43. The fraction of sp³-hybridized carbons (Fsp3) is 0.133. The van der Waals surface area contributed by atoms with Crippen molar-refractivity contribution in [3.63, 3.8) is 0 Å². The lowest BCUT2D eigenvalue weighted by molar-refractivity contribution is 0.252. The summed E-state index contributed by atoms with van der Waals surface area (Å²) in [6, 6.07) is 11.7. The van der Waals surface area contributed by atoms with Crippen molar-refractivity contribution in [1.29, 1.82) is 0 Å². The molecule has 2 aromatic rings. The number of hydrogen-bond acceptors (Lipinski definition) is 4. The van der Waals surface area contributed by atoms with E-state index in [2.05, 4.69) is 15.4 Å². The molecule has 2 rings (SSSR count). The second kappa shape index (κ2) is 7.12. The van der Waals surface area contributed by atoms with Crippen molar-refractivity contribution in [2.75, 3.05) is 12.0 Å². The average Bonchev–Trinajstić information content (AvgIpc) is 2.50. The maximum Gasteiger partial charge on any atom is 0.320 e. The van der Waals surface area contributed by atoms with E-state index in [0.29, 0.717) is 5.69 Å². The Morgan fingerprint density at radius 2 is 1.65 bits per heavy atom. The van der Waals surface area contributed by atoms with Crippen LogP contribution in [0.2, 0.25) is 0 Å². The van der Waals surface area contributed by atoms with Crippen molar-refractivity contribution in [3.8, 4) is 5.75 Å². The van der Waals surface area contributed by atoms with E-state index in [0.717, 1.165) is 5.56 Å². The summed E-state index contributed by atoms with van der Waals surface area (Å²) in [6.07, 6.45) is 0. The second-order valence-electron chi connectivity index (χ2n) is 4.82. The van der Waals surface area contributed by atoms with Gasteiger partial charge in [0, 0.05) is 5.69 Å². The average molecular weight is 335 g/mol. The zero-order chi connectivity index (χ0) is 16.9. The Hall–Kier alpha value is -2.58. The van der Waals surface area contributed by atoms with Crippen LogP contribution >= 0.6 is 0 Å². The van der Waals surface area contributed by atoms with E-state index in [1.807, 2.05) is 6.92 Å². The van der Waals surface area contributed by atoms with Crippen molar-refractivity contribution in [2.45, 2.75) is 11.8 Å². The van der Waals surface area contributed by atoms with Crippen LogP contribution in [-0.4, -0.2) is 26.2 Å². The van der Waals surface area contributed by atoms with Crippen LogP contribution in [0.5, 0.6) is 5.75 Å².